The van der Waals surface area contributed by atoms with E-state index in [-0.39, 0.29) is 19.0 Å². The van der Waals surface area contributed by atoms with Gasteiger partial charge in [0.15, 0.2) is 5.65 Å². The lowest BCUT2D eigenvalue weighted by Gasteiger charge is -2.24. The Hall–Kier alpha value is -2.68. The van der Waals surface area contributed by atoms with Gasteiger partial charge in [-0.05, 0) is 46.2 Å². The number of ether oxygens (including phenoxy) is 1. The number of aryl methyl sites for hydroxylation is 2. The largest absolute Gasteiger partial charge is 0.444 e. The van der Waals surface area contributed by atoms with Crippen LogP contribution < -0.4 is 11.1 Å². The topological polar surface area (TPSA) is 126 Å². The predicted octanol–water partition coefficient (Wildman–Crippen LogP) is 1.62. The number of fused-ring (bicyclic) bond motifs is 1. The molecule has 4 N–H and O–H groups in total. The summed E-state index contributed by atoms with van der Waals surface area (Å²) in [6.45, 7) is 9.67. The summed E-state index contributed by atoms with van der Waals surface area (Å²) in [6.07, 6.45) is -1.23. The number of aliphatic hydroxyl groups is 1. The van der Waals surface area contributed by atoms with Crippen molar-refractivity contribution in [1.82, 2.24) is 19.9 Å². The van der Waals surface area contributed by atoms with Gasteiger partial charge in [0, 0.05) is 12.2 Å². The van der Waals surface area contributed by atoms with Crippen molar-refractivity contribution >= 4 is 28.9 Å². The summed E-state index contributed by atoms with van der Waals surface area (Å²) < 4.78 is 5.36. The Morgan fingerprint density at radius 3 is 2.67 bits per heavy atom. The second-order valence-electron chi connectivity index (χ2n) is 7.92. The monoisotopic (exact) mass is 374 g/mol. The van der Waals surface area contributed by atoms with E-state index >= 15 is 0 Å². The number of carbonyl (C=O) groups is 1. The van der Waals surface area contributed by atoms with Crippen molar-refractivity contribution in [2.45, 2.75) is 52.4 Å². The van der Waals surface area contributed by atoms with Crippen LogP contribution in [0.4, 0.5) is 16.6 Å². The summed E-state index contributed by atoms with van der Waals surface area (Å²) >= 11 is 0. The van der Waals surface area contributed by atoms with Gasteiger partial charge >= 0.3 is 6.09 Å². The van der Waals surface area contributed by atoms with E-state index in [1.54, 1.807) is 20.8 Å². The van der Waals surface area contributed by atoms with Crippen molar-refractivity contribution in [3.63, 3.8) is 0 Å². The van der Waals surface area contributed by atoms with Gasteiger partial charge < -0.3 is 25.8 Å². The zero-order valence-corrected chi connectivity index (χ0v) is 16.3. The summed E-state index contributed by atoms with van der Waals surface area (Å²) in [5, 5.41) is 14.1. The average molecular weight is 374 g/mol. The Balaban J connectivity index is 1.78. The number of carbonyl (C=O) groups excluding carboxylic acids is 1. The lowest BCUT2D eigenvalue weighted by atomic mass is 10.1. The van der Waals surface area contributed by atoms with Gasteiger partial charge in [-0.2, -0.15) is 9.97 Å². The van der Waals surface area contributed by atoms with Crippen molar-refractivity contribution < 1.29 is 14.6 Å². The van der Waals surface area contributed by atoms with Gasteiger partial charge in [0.05, 0.1) is 24.1 Å². The van der Waals surface area contributed by atoms with E-state index in [1.807, 2.05) is 19.9 Å². The highest BCUT2D eigenvalue weighted by Crippen LogP contribution is 2.24. The number of nitrogen functional groups attached to an aromatic ring is 1. The predicted molar refractivity (Wildman–Crippen MR) is 102 cm³/mol. The van der Waals surface area contributed by atoms with Crippen LogP contribution in [0.2, 0.25) is 0 Å². The first-order chi connectivity index (χ1) is 12.5. The van der Waals surface area contributed by atoms with Crippen molar-refractivity contribution in [1.29, 1.82) is 0 Å². The maximum Gasteiger partial charge on any atom is 0.410 e. The Morgan fingerprint density at radius 1 is 1.30 bits per heavy atom. The second-order valence-corrected chi connectivity index (χ2v) is 7.92. The molecule has 0 aromatic carbocycles. The minimum absolute atomic E-state index is 0.173. The normalized spacial score (nSPS) is 20.1. The molecule has 0 spiro atoms. The maximum atomic E-state index is 12.2. The van der Waals surface area contributed by atoms with Gasteiger partial charge in [-0.25, -0.2) is 9.78 Å². The molecule has 1 saturated heterocycles. The van der Waals surface area contributed by atoms with Crippen LogP contribution in [-0.2, 0) is 4.74 Å². The zero-order valence-electron chi connectivity index (χ0n) is 16.3. The summed E-state index contributed by atoms with van der Waals surface area (Å²) in [5.74, 6) is 0.594. The standard InChI is InChI=1S/C18H26N6O3/c1-9-6-10(2)20-15-13(9)14(19)22-16(23-15)21-11-7-24(8-12(11)25)17(26)27-18(3,4)5/h6,11-12,25H,7-8H2,1-5H3,(H3,19,20,21,22,23)/t11-,12-/m0/s1. The third-order valence-corrected chi connectivity index (χ3v) is 4.28. The smallest absolute Gasteiger partial charge is 0.410 e. The molecule has 2 atom stereocenters. The molecule has 9 heteroatoms. The number of nitrogens with zero attached hydrogens (tertiary/aromatic N) is 4. The van der Waals surface area contributed by atoms with E-state index in [0.717, 1.165) is 11.3 Å². The molecule has 9 nitrogen and oxygen atoms in total. The van der Waals surface area contributed by atoms with E-state index in [2.05, 4.69) is 20.3 Å². The number of anilines is 2. The molecule has 146 valence electrons. The molecule has 1 fully saturated rings. The zero-order chi connectivity index (χ0) is 19.9. The summed E-state index contributed by atoms with van der Waals surface area (Å²) in [6, 6.07) is 1.49. The fourth-order valence-corrected chi connectivity index (χ4v) is 3.14. The van der Waals surface area contributed by atoms with Crippen LogP contribution in [0.1, 0.15) is 32.0 Å². The molecule has 2 aromatic rings. The molecule has 1 aliphatic rings. The Labute approximate surface area is 157 Å². The Morgan fingerprint density at radius 2 is 2.00 bits per heavy atom. The molecule has 0 aliphatic carbocycles. The van der Waals surface area contributed by atoms with Gasteiger partial charge in [0.25, 0.3) is 0 Å². The third kappa shape index (κ3) is 4.19. The Kier molecular flexibility index (Phi) is 4.81. The van der Waals surface area contributed by atoms with Crippen LogP contribution in [0.5, 0.6) is 0 Å². The molecule has 1 amide bonds. The first kappa shape index (κ1) is 19.1. The van der Waals surface area contributed by atoms with Gasteiger partial charge in [-0.3, -0.25) is 0 Å². The molecular formula is C18H26N6O3. The number of hydrogen-bond donors (Lipinski definition) is 3. The maximum absolute atomic E-state index is 12.2. The van der Waals surface area contributed by atoms with Crippen molar-refractivity contribution in [2.75, 3.05) is 24.1 Å². The number of β-amino-alcohol motifs (C(OH)–C–C–N with tert-alkyl or cyclic N) is 1. The van der Waals surface area contributed by atoms with E-state index in [1.165, 1.54) is 4.90 Å². The third-order valence-electron chi connectivity index (χ3n) is 4.28. The van der Waals surface area contributed by atoms with E-state index in [4.69, 9.17) is 10.5 Å². The number of aromatic nitrogens is 3. The van der Waals surface area contributed by atoms with Crippen molar-refractivity contribution in [3.8, 4) is 0 Å². The van der Waals surface area contributed by atoms with Crippen LogP contribution in [0.25, 0.3) is 11.0 Å². The Bertz CT molecular complexity index is 880. The highest BCUT2D eigenvalue weighted by molar-refractivity contribution is 5.89. The quantitative estimate of drug-likeness (QED) is 0.724. The highest BCUT2D eigenvalue weighted by atomic mass is 16.6. The van der Waals surface area contributed by atoms with Gasteiger partial charge in [0.1, 0.15) is 11.4 Å². The second kappa shape index (κ2) is 6.80. The fourth-order valence-electron chi connectivity index (χ4n) is 3.14. The van der Waals surface area contributed by atoms with Gasteiger partial charge in [-0.1, -0.05) is 0 Å². The van der Waals surface area contributed by atoms with Crippen LogP contribution in [0, 0.1) is 13.8 Å². The number of hydrogen-bond acceptors (Lipinski definition) is 8. The molecule has 27 heavy (non-hydrogen) atoms. The molecule has 3 heterocycles. The van der Waals surface area contributed by atoms with Crippen LogP contribution in [0.15, 0.2) is 6.07 Å². The fraction of sp³-hybridized carbons (Fsp3) is 0.556. The van der Waals surface area contributed by atoms with Gasteiger partial charge in [0.2, 0.25) is 5.95 Å². The molecular weight excluding hydrogens is 348 g/mol. The number of nitrogens with two attached hydrogens (primary N) is 1. The summed E-state index contributed by atoms with van der Waals surface area (Å²) in [7, 11) is 0. The number of rotatable bonds is 2. The van der Waals surface area contributed by atoms with Crippen LogP contribution in [0.3, 0.4) is 0 Å². The summed E-state index contributed by atoms with van der Waals surface area (Å²) in [5.41, 5.74) is 7.78. The number of nitrogens with one attached hydrogen (secondary N) is 1. The first-order valence-electron chi connectivity index (χ1n) is 8.87. The number of pyridine rings is 1. The lowest BCUT2D eigenvalue weighted by Crippen LogP contribution is -2.36. The molecule has 0 bridgehead atoms. The number of amides is 1. The number of aliphatic hydroxyl groups excluding tert-OH is 1. The number of likely N-dealkylation sites (tertiary alicyclic amines) is 1. The minimum Gasteiger partial charge on any atom is -0.444 e. The highest BCUT2D eigenvalue weighted by Gasteiger charge is 2.36. The molecule has 0 unspecified atom stereocenters. The lowest BCUT2D eigenvalue weighted by molar-refractivity contribution is 0.0270. The van der Waals surface area contributed by atoms with Crippen LogP contribution >= 0.6 is 0 Å². The summed E-state index contributed by atoms with van der Waals surface area (Å²) in [4.78, 5) is 26.8. The molecule has 3 rings (SSSR count). The molecule has 2 aromatic heterocycles. The van der Waals surface area contributed by atoms with E-state index < -0.39 is 23.8 Å². The molecule has 0 saturated carbocycles. The van der Waals surface area contributed by atoms with Gasteiger partial charge in [-0.15, -0.1) is 0 Å². The average Bonchev–Trinajstić information content (AvgIpc) is 2.85. The van der Waals surface area contributed by atoms with E-state index in [0.29, 0.717) is 16.9 Å². The van der Waals surface area contributed by atoms with Crippen LogP contribution in [-0.4, -0.2) is 61.9 Å². The molecule has 0 radical (unpaired) electrons. The molecule has 1 aliphatic heterocycles. The SMILES string of the molecule is Cc1cc(C)c2c(N)nc(N[C@H]3CN(C(=O)OC(C)(C)C)C[C@@H]3O)nc2n1. The van der Waals surface area contributed by atoms with Crippen molar-refractivity contribution in [2.24, 2.45) is 0 Å². The van der Waals surface area contributed by atoms with E-state index in [9.17, 15) is 9.90 Å². The first-order valence-corrected chi connectivity index (χ1v) is 8.87. The van der Waals surface area contributed by atoms with Crippen molar-refractivity contribution in [3.05, 3.63) is 17.3 Å². The minimum atomic E-state index is -0.773.